The van der Waals surface area contributed by atoms with E-state index in [1.54, 1.807) is 33.0 Å². The Kier molecular flexibility index (Phi) is 6.43. The normalized spacial score (nSPS) is 17.3. The molecule has 0 bridgehead atoms. The number of hydrogen-bond acceptors (Lipinski definition) is 5. The molecule has 0 N–H and O–H groups in total. The zero-order valence-corrected chi connectivity index (χ0v) is 16.3. The van der Waals surface area contributed by atoms with Gasteiger partial charge in [-0.25, -0.2) is 13.4 Å². The number of rotatable bonds is 6. The molecule has 1 fully saturated rings. The summed E-state index contributed by atoms with van der Waals surface area (Å²) in [5, 5.41) is -1.43. The Balaban J connectivity index is 2.27. The highest BCUT2D eigenvalue weighted by atomic mass is 32.2. The summed E-state index contributed by atoms with van der Waals surface area (Å²) in [5.74, 6) is -0.236. The summed E-state index contributed by atoms with van der Waals surface area (Å²) >= 11 is 0. The zero-order chi connectivity index (χ0) is 18.6. The summed E-state index contributed by atoms with van der Waals surface area (Å²) < 4.78 is 31.3. The van der Waals surface area contributed by atoms with E-state index >= 15 is 0 Å². The molecular weight excluding hydrogens is 340 g/mol. The molecule has 0 radical (unpaired) electrons. The van der Waals surface area contributed by atoms with Crippen LogP contribution in [0.3, 0.4) is 0 Å². The van der Waals surface area contributed by atoms with Gasteiger partial charge >= 0.3 is 0 Å². The van der Waals surface area contributed by atoms with E-state index in [1.165, 1.54) is 18.2 Å². The Morgan fingerprint density at radius 3 is 2.36 bits per heavy atom. The molecule has 1 amide bonds. The molecule has 6 nitrogen and oxygen atoms in total. The van der Waals surface area contributed by atoms with Crippen LogP contribution in [0.1, 0.15) is 46.0 Å². The third-order valence-corrected chi connectivity index (χ3v) is 7.72. The predicted molar refractivity (Wildman–Crippen MR) is 98.6 cm³/mol. The number of nitrogens with zero attached hydrogens (tertiary/aromatic N) is 2. The van der Waals surface area contributed by atoms with Crippen molar-refractivity contribution in [2.75, 3.05) is 19.1 Å². The lowest BCUT2D eigenvalue weighted by molar-refractivity contribution is -0.118. The Morgan fingerprint density at radius 2 is 1.88 bits per heavy atom. The molecule has 140 valence electrons. The standard InChI is InChI=1S/C18H28N2O4S/c1-13(2)17(25(22,23)15-8-6-5-7-9-15)18(21)20(3)14-10-11-16(24-4)19-12-14/h10-13,15,17H,5-9H2,1-4H3. The van der Waals surface area contributed by atoms with Gasteiger partial charge in [-0.15, -0.1) is 0 Å². The van der Waals surface area contributed by atoms with Gasteiger partial charge in [-0.3, -0.25) is 4.79 Å². The fourth-order valence-electron chi connectivity index (χ4n) is 3.42. The molecule has 0 spiro atoms. The Bertz CT molecular complexity index is 680. The Labute approximate surface area is 150 Å². The lowest BCUT2D eigenvalue weighted by atomic mass is 10.0. The number of carbonyl (C=O) groups excluding carboxylic acids is 1. The number of pyridine rings is 1. The van der Waals surface area contributed by atoms with Crippen molar-refractivity contribution in [3.63, 3.8) is 0 Å². The van der Waals surface area contributed by atoms with Gasteiger partial charge < -0.3 is 9.64 Å². The summed E-state index contributed by atoms with van der Waals surface area (Å²) in [6.45, 7) is 3.59. The first-order chi connectivity index (χ1) is 11.8. The SMILES string of the molecule is COc1ccc(N(C)C(=O)C(C(C)C)S(=O)(=O)C2CCCCC2)cn1. The van der Waals surface area contributed by atoms with E-state index in [2.05, 4.69) is 4.98 Å². The van der Waals surface area contributed by atoms with Crippen LogP contribution in [0, 0.1) is 5.92 Å². The van der Waals surface area contributed by atoms with Gasteiger partial charge in [-0.05, 0) is 24.8 Å². The molecule has 1 atom stereocenters. The highest BCUT2D eigenvalue weighted by Crippen LogP contribution is 2.30. The number of amides is 1. The maximum absolute atomic E-state index is 13.1. The molecule has 0 aliphatic heterocycles. The molecule has 1 aliphatic rings. The van der Waals surface area contributed by atoms with E-state index in [4.69, 9.17) is 4.74 Å². The van der Waals surface area contributed by atoms with E-state index in [9.17, 15) is 13.2 Å². The lowest BCUT2D eigenvalue weighted by Gasteiger charge is -2.31. The van der Waals surface area contributed by atoms with Crippen molar-refractivity contribution in [2.24, 2.45) is 5.92 Å². The van der Waals surface area contributed by atoms with Crippen molar-refractivity contribution in [3.8, 4) is 5.88 Å². The van der Waals surface area contributed by atoms with Gasteiger partial charge in [0.25, 0.3) is 0 Å². The van der Waals surface area contributed by atoms with Gasteiger partial charge in [0.2, 0.25) is 11.8 Å². The molecule has 0 saturated heterocycles. The summed E-state index contributed by atoms with van der Waals surface area (Å²) in [5.41, 5.74) is 0.551. The van der Waals surface area contributed by atoms with Crippen molar-refractivity contribution in [1.82, 2.24) is 4.98 Å². The maximum Gasteiger partial charge on any atom is 0.245 e. The Morgan fingerprint density at radius 1 is 1.24 bits per heavy atom. The van der Waals surface area contributed by atoms with Crippen molar-refractivity contribution in [2.45, 2.75) is 56.5 Å². The minimum atomic E-state index is -3.52. The van der Waals surface area contributed by atoms with Crippen LogP contribution in [0.25, 0.3) is 0 Å². The molecule has 2 rings (SSSR count). The summed E-state index contributed by atoms with van der Waals surface area (Å²) in [7, 11) is -0.414. The number of carbonyl (C=O) groups is 1. The molecule has 1 aromatic rings. The van der Waals surface area contributed by atoms with Gasteiger partial charge in [0.05, 0.1) is 24.2 Å². The average Bonchev–Trinajstić information content (AvgIpc) is 2.61. The van der Waals surface area contributed by atoms with Gasteiger partial charge in [0, 0.05) is 13.1 Å². The molecule has 25 heavy (non-hydrogen) atoms. The van der Waals surface area contributed by atoms with E-state index in [0.29, 0.717) is 24.4 Å². The average molecular weight is 368 g/mol. The van der Waals surface area contributed by atoms with E-state index in [0.717, 1.165) is 19.3 Å². The second kappa shape index (κ2) is 8.17. The molecule has 1 saturated carbocycles. The van der Waals surface area contributed by atoms with Crippen molar-refractivity contribution < 1.29 is 17.9 Å². The summed E-state index contributed by atoms with van der Waals surface area (Å²) in [6, 6.07) is 3.35. The first-order valence-electron chi connectivity index (χ1n) is 8.79. The van der Waals surface area contributed by atoms with E-state index < -0.39 is 26.2 Å². The number of hydrogen-bond donors (Lipinski definition) is 0. The van der Waals surface area contributed by atoms with Gasteiger partial charge in [-0.2, -0.15) is 0 Å². The predicted octanol–water partition coefficient (Wildman–Crippen LogP) is 2.83. The lowest BCUT2D eigenvalue weighted by Crippen LogP contribution is -2.48. The van der Waals surface area contributed by atoms with Crippen LogP contribution in [-0.2, 0) is 14.6 Å². The number of anilines is 1. The first kappa shape index (κ1) is 19.7. The highest BCUT2D eigenvalue weighted by Gasteiger charge is 2.42. The number of aromatic nitrogens is 1. The van der Waals surface area contributed by atoms with Crippen molar-refractivity contribution in [3.05, 3.63) is 18.3 Å². The number of methoxy groups -OCH3 is 1. The zero-order valence-electron chi connectivity index (χ0n) is 15.4. The van der Waals surface area contributed by atoms with E-state index in [1.807, 2.05) is 0 Å². The number of ether oxygens (including phenoxy) is 1. The molecule has 0 aromatic carbocycles. The van der Waals surface area contributed by atoms with Gasteiger partial charge in [0.15, 0.2) is 9.84 Å². The maximum atomic E-state index is 13.1. The van der Waals surface area contributed by atoms with E-state index in [-0.39, 0.29) is 5.92 Å². The van der Waals surface area contributed by atoms with Crippen LogP contribution < -0.4 is 9.64 Å². The summed E-state index contributed by atoms with van der Waals surface area (Å²) in [4.78, 5) is 18.5. The minimum Gasteiger partial charge on any atom is -0.481 e. The quantitative estimate of drug-likeness (QED) is 0.772. The molecule has 7 heteroatoms. The third kappa shape index (κ3) is 4.32. The Hall–Kier alpha value is -1.63. The number of sulfone groups is 1. The van der Waals surface area contributed by atoms with Crippen LogP contribution in [0.2, 0.25) is 0 Å². The van der Waals surface area contributed by atoms with Crippen molar-refractivity contribution in [1.29, 1.82) is 0 Å². The van der Waals surface area contributed by atoms with Crippen LogP contribution >= 0.6 is 0 Å². The minimum absolute atomic E-state index is 0.284. The van der Waals surface area contributed by atoms with Crippen LogP contribution in [0.4, 0.5) is 5.69 Å². The molecule has 1 unspecified atom stereocenters. The smallest absolute Gasteiger partial charge is 0.245 e. The fraction of sp³-hybridized carbons (Fsp3) is 0.667. The molecule has 1 aromatic heterocycles. The van der Waals surface area contributed by atoms with Gasteiger partial charge in [-0.1, -0.05) is 33.1 Å². The van der Waals surface area contributed by atoms with Crippen LogP contribution in [-0.4, -0.2) is 44.0 Å². The topological polar surface area (TPSA) is 76.6 Å². The second-order valence-corrected chi connectivity index (χ2v) is 9.32. The monoisotopic (exact) mass is 368 g/mol. The van der Waals surface area contributed by atoms with Gasteiger partial charge in [0.1, 0.15) is 5.25 Å². The third-order valence-electron chi connectivity index (χ3n) is 4.87. The van der Waals surface area contributed by atoms with Crippen LogP contribution in [0.15, 0.2) is 18.3 Å². The highest BCUT2D eigenvalue weighted by molar-refractivity contribution is 7.93. The molecule has 1 aliphatic carbocycles. The largest absolute Gasteiger partial charge is 0.481 e. The molecule has 1 heterocycles. The fourth-order valence-corrected chi connectivity index (χ4v) is 6.02. The second-order valence-electron chi connectivity index (χ2n) is 6.97. The molecular formula is C18H28N2O4S. The first-order valence-corrected chi connectivity index (χ1v) is 10.4. The van der Waals surface area contributed by atoms with Crippen LogP contribution in [0.5, 0.6) is 5.88 Å². The summed E-state index contributed by atoms with van der Waals surface area (Å²) in [6.07, 6.45) is 5.74. The van der Waals surface area contributed by atoms with Crippen molar-refractivity contribution >= 4 is 21.4 Å².